The van der Waals surface area contributed by atoms with Crippen molar-refractivity contribution in [2.75, 3.05) is 0 Å². The monoisotopic (exact) mass is 443 g/mol. The lowest BCUT2D eigenvalue weighted by Crippen LogP contribution is -2.53. The largest absolute Gasteiger partial charge is 0.547 e. The zero-order valence-corrected chi connectivity index (χ0v) is 17.5. The quantitative estimate of drug-likeness (QED) is 0.374. The molecule has 2 N–H and O–H groups in total. The highest BCUT2D eigenvalue weighted by atomic mass is 19.3. The van der Waals surface area contributed by atoms with Gasteiger partial charge in [-0.25, -0.2) is 18.4 Å². The van der Waals surface area contributed by atoms with E-state index in [9.17, 15) is 28.2 Å². The number of fused-ring (bicyclic) bond motifs is 1. The van der Waals surface area contributed by atoms with E-state index in [1.165, 1.54) is 19.1 Å². The Balaban J connectivity index is 2.06. The summed E-state index contributed by atoms with van der Waals surface area (Å²) >= 11 is 0. The molecule has 2 atom stereocenters. The summed E-state index contributed by atoms with van der Waals surface area (Å²) in [5, 5.41) is 12.5. The number of para-hydroxylation sites is 1. The number of benzene rings is 1. The van der Waals surface area contributed by atoms with Crippen LogP contribution in [0.25, 0.3) is 0 Å². The normalized spacial score (nSPS) is 16.6. The van der Waals surface area contributed by atoms with Crippen molar-refractivity contribution in [3.63, 3.8) is 0 Å². The van der Waals surface area contributed by atoms with Gasteiger partial charge in [-0.3, -0.25) is 4.79 Å². The second kappa shape index (κ2) is 9.95. The molecule has 31 heavy (non-hydrogen) atoms. The minimum Gasteiger partial charge on any atom is -0.534 e. The van der Waals surface area contributed by atoms with Gasteiger partial charge >= 0.3 is 19.2 Å². The van der Waals surface area contributed by atoms with Crippen molar-refractivity contribution < 1.29 is 47.1 Å². The minimum absolute atomic E-state index is 0.0169. The van der Waals surface area contributed by atoms with Crippen LogP contribution in [0.4, 0.5) is 13.6 Å². The van der Waals surface area contributed by atoms with E-state index in [0.717, 1.165) is 0 Å². The zero-order valence-electron chi connectivity index (χ0n) is 17.5. The zero-order chi connectivity index (χ0) is 23.3. The third-order valence-electron chi connectivity index (χ3n) is 4.02. The molecule has 0 radical (unpaired) electrons. The summed E-state index contributed by atoms with van der Waals surface area (Å²) in [5.41, 5.74) is 0.398. The highest BCUT2D eigenvalue weighted by Crippen LogP contribution is 2.31. The Morgan fingerprint density at radius 1 is 1.26 bits per heavy atom. The number of rotatable bonds is 7. The predicted molar refractivity (Wildman–Crippen MR) is 103 cm³/mol. The van der Waals surface area contributed by atoms with Gasteiger partial charge in [0.05, 0.1) is 18.5 Å². The fraction of sp³-hybridized carbons (Fsp3) is 0.526. The Morgan fingerprint density at radius 3 is 2.55 bits per heavy atom. The maximum Gasteiger partial charge on any atom is 0.547 e. The van der Waals surface area contributed by atoms with Gasteiger partial charge in [0.25, 0.3) is 5.92 Å². The first-order valence-corrected chi connectivity index (χ1v) is 9.57. The van der Waals surface area contributed by atoms with E-state index < -0.39 is 55.8 Å². The molecule has 1 amide bonds. The number of halogens is 2. The topological polar surface area (TPSA) is 120 Å². The molecule has 0 bridgehead atoms. The summed E-state index contributed by atoms with van der Waals surface area (Å²) < 4.78 is 46.0. The van der Waals surface area contributed by atoms with Crippen molar-refractivity contribution in [1.29, 1.82) is 0 Å². The second-order valence-corrected chi connectivity index (χ2v) is 7.43. The highest BCUT2D eigenvalue weighted by Gasteiger charge is 2.39. The Bertz CT molecular complexity index is 830. The molecular formula is C19H24BF2NO8. The van der Waals surface area contributed by atoms with E-state index in [1.807, 2.05) is 0 Å². The molecule has 0 aliphatic carbocycles. The van der Waals surface area contributed by atoms with Crippen LogP contribution in [-0.4, -0.2) is 54.4 Å². The Kier molecular flexibility index (Phi) is 7.83. The molecule has 1 aliphatic heterocycles. The molecule has 0 aromatic heterocycles. The first-order chi connectivity index (χ1) is 14.4. The molecule has 9 nitrogen and oxygen atoms in total. The van der Waals surface area contributed by atoms with Crippen LogP contribution in [0.1, 0.15) is 50.0 Å². The molecule has 12 heteroatoms. The smallest absolute Gasteiger partial charge is 0.534 e. The summed E-state index contributed by atoms with van der Waals surface area (Å²) in [6.07, 6.45) is -3.68. The van der Waals surface area contributed by atoms with Gasteiger partial charge in [-0.1, -0.05) is 12.1 Å². The number of carbonyl (C=O) groups excluding carboxylic acids is 3. The Labute approximate surface area is 178 Å². The molecule has 1 unspecified atom stereocenters. The van der Waals surface area contributed by atoms with Crippen molar-refractivity contribution in [2.45, 2.75) is 64.8 Å². The third kappa shape index (κ3) is 7.39. The third-order valence-corrected chi connectivity index (χ3v) is 4.02. The fourth-order valence-electron chi connectivity index (χ4n) is 2.84. The molecule has 1 aromatic carbocycles. The molecular weight excluding hydrogens is 419 g/mol. The Morgan fingerprint density at radius 2 is 1.94 bits per heavy atom. The van der Waals surface area contributed by atoms with Gasteiger partial charge in [-0.2, -0.15) is 0 Å². The first kappa shape index (κ1) is 24.4. The summed E-state index contributed by atoms with van der Waals surface area (Å²) in [6.45, 7) is 5.18. The number of alkyl halides is 2. The lowest BCUT2D eigenvalue weighted by molar-refractivity contribution is -0.127. The van der Waals surface area contributed by atoms with E-state index in [0.29, 0.717) is 12.5 Å². The number of hydrogen-bond acceptors (Lipinski definition) is 8. The van der Waals surface area contributed by atoms with Crippen molar-refractivity contribution in [1.82, 2.24) is 5.32 Å². The van der Waals surface area contributed by atoms with Crippen LogP contribution in [0.5, 0.6) is 5.75 Å². The standard InChI is InChI=1S/C19H24BF2NO8/c1-10(2)28-18(26)30-11(3)29-17(25)13-7-5-6-12-8-14(20(27)31-16(12)13)23-15(24)9-19(4,21)22/h5-7,10-11,14,27H,8-9H2,1-4H3,(H,23,24)/t11?,14-/m0/s1. The van der Waals surface area contributed by atoms with Gasteiger partial charge in [0, 0.05) is 6.92 Å². The molecule has 1 aliphatic rings. The van der Waals surface area contributed by atoms with Gasteiger partial charge in [0.1, 0.15) is 11.3 Å². The number of carbonyl (C=O) groups is 3. The maximum atomic E-state index is 13.0. The van der Waals surface area contributed by atoms with Crippen LogP contribution in [0, 0.1) is 0 Å². The van der Waals surface area contributed by atoms with E-state index >= 15 is 0 Å². The van der Waals surface area contributed by atoms with Crippen molar-refractivity contribution in [3.8, 4) is 5.75 Å². The second-order valence-electron chi connectivity index (χ2n) is 7.43. The summed E-state index contributed by atoms with van der Waals surface area (Å²) in [6, 6.07) is 4.49. The molecule has 1 aromatic rings. The molecule has 0 spiro atoms. The van der Waals surface area contributed by atoms with Crippen LogP contribution in [0.2, 0.25) is 0 Å². The highest BCUT2D eigenvalue weighted by molar-refractivity contribution is 6.47. The van der Waals surface area contributed by atoms with E-state index in [1.54, 1.807) is 19.9 Å². The molecule has 170 valence electrons. The van der Waals surface area contributed by atoms with Gasteiger partial charge < -0.3 is 29.2 Å². The molecule has 0 saturated heterocycles. The molecule has 0 fully saturated rings. The van der Waals surface area contributed by atoms with E-state index in [2.05, 4.69) is 5.32 Å². The first-order valence-electron chi connectivity index (χ1n) is 9.57. The van der Waals surface area contributed by atoms with Crippen molar-refractivity contribution >= 4 is 25.2 Å². The summed E-state index contributed by atoms with van der Waals surface area (Å²) in [4.78, 5) is 35.7. The summed E-state index contributed by atoms with van der Waals surface area (Å²) in [7, 11) is -1.58. The predicted octanol–water partition coefficient (Wildman–Crippen LogP) is 2.24. The molecule has 1 heterocycles. The van der Waals surface area contributed by atoms with Crippen LogP contribution in [0.3, 0.4) is 0 Å². The van der Waals surface area contributed by atoms with Crippen LogP contribution >= 0.6 is 0 Å². The van der Waals surface area contributed by atoms with Gasteiger partial charge in [0.15, 0.2) is 0 Å². The van der Waals surface area contributed by atoms with Gasteiger partial charge in [0.2, 0.25) is 12.2 Å². The average molecular weight is 443 g/mol. The SMILES string of the molecule is CC(C)OC(=O)OC(C)OC(=O)c1cccc2c1OB(O)[C@@H](NC(=O)CC(C)(F)F)C2. The number of esters is 1. The van der Waals surface area contributed by atoms with Crippen molar-refractivity contribution in [3.05, 3.63) is 29.3 Å². The van der Waals surface area contributed by atoms with Crippen LogP contribution in [0.15, 0.2) is 18.2 Å². The molecule has 0 saturated carbocycles. The van der Waals surface area contributed by atoms with Crippen LogP contribution in [-0.2, 0) is 25.4 Å². The average Bonchev–Trinajstić information content (AvgIpc) is 2.59. The van der Waals surface area contributed by atoms with Gasteiger partial charge in [-0.15, -0.1) is 0 Å². The summed E-state index contributed by atoms with van der Waals surface area (Å²) in [5.74, 6) is -6.00. The van der Waals surface area contributed by atoms with Crippen LogP contribution < -0.4 is 9.97 Å². The Hall–Kier alpha value is -2.89. The number of ether oxygens (including phenoxy) is 3. The fourth-order valence-corrected chi connectivity index (χ4v) is 2.84. The lowest BCUT2D eigenvalue weighted by atomic mass is 9.72. The van der Waals surface area contributed by atoms with Gasteiger partial charge in [-0.05, 0) is 38.8 Å². The molecule has 2 rings (SSSR count). The maximum absolute atomic E-state index is 13.0. The lowest BCUT2D eigenvalue weighted by Gasteiger charge is -2.29. The van der Waals surface area contributed by atoms with E-state index in [4.69, 9.17) is 18.9 Å². The number of hydrogen-bond donors (Lipinski definition) is 2. The minimum atomic E-state index is -3.19. The van der Waals surface area contributed by atoms with Crippen molar-refractivity contribution in [2.24, 2.45) is 0 Å². The number of amides is 1. The number of nitrogens with one attached hydrogen (secondary N) is 1. The van der Waals surface area contributed by atoms with E-state index in [-0.39, 0.29) is 17.7 Å².